The summed E-state index contributed by atoms with van der Waals surface area (Å²) in [6.45, 7) is 10.4. The van der Waals surface area contributed by atoms with Crippen molar-refractivity contribution in [1.29, 1.82) is 0 Å². The summed E-state index contributed by atoms with van der Waals surface area (Å²) in [5, 5.41) is 0. The van der Waals surface area contributed by atoms with Crippen molar-refractivity contribution >= 4 is 10.1 Å². The summed E-state index contributed by atoms with van der Waals surface area (Å²) >= 11 is 0. The monoisotopic (exact) mass is 726 g/mol. The minimum atomic E-state index is -3.76. The second-order valence-corrected chi connectivity index (χ2v) is 12.0. The predicted molar refractivity (Wildman–Crippen MR) is 177 cm³/mol. The van der Waals surface area contributed by atoms with Crippen molar-refractivity contribution in [3.63, 3.8) is 0 Å². The zero-order chi connectivity index (χ0) is 34.8. The maximum absolute atomic E-state index is 12.0. The van der Waals surface area contributed by atoms with Crippen molar-refractivity contribution in [2.24, 2.45) is 0 Å². The van der Waals surface area contributed by atoms with Crippen LogP contribution in [0.5, 0.6) is 0 Å². The summed E-state index contributed by atoms with van der Waals surface area (Å²) in [4.78, 5) is 0.120. The van der Waals surface area contributed by atoms with Crippen LogP contribution in [-0.2, 0) is 71.1 Å². The second kappa shape index (κ2) is 32.6. The average molecular weight is 727 g/mol. The molecule has 0 aromatic heterocycles. The molecule has 1 aromatic rings. The van der Waals surface area contributed by atoms with E-state index < -0.39 is 10.1 Å². The molecule has 1 fully saturated rings. The van der Waals surface area contributed by atoms with Crippen LogP contribution in [0.1, 0.15) is 19.3 Å². The Kier molecular flexibility index (Phi) is 29.1. The Morgan fingerprint density at radius 1 is 0.469 bits per heavy atom. The van der Waals surface area contributed by atoms with Crippen LogP contribution in [-0.4, -0.2) is 167 Å². The molecule has 286 valence electrons. The fourth-order valence-corrected chi connectivity index (χ4v) is 4.93. The number of benzene rings is 1. The molecule has 0 aliphatic carbocycles. The van der Waals surface area contributed by atoms with E-state index in [1.807, 2.05) is 0 Å². The predicted octanol–water partition coefficient (Wildman–Crippen LogP) is 2.10. The Morgan fingerprint density at radius 3 is 1.16 bits per heavy atom. The molecule has 1 saturated heterocycles. The van der Waals surface area contributed by atoms with Crippen LogP contribution in [0.25, 0.3) is 0 Å². The summed E-state index contributed by atoms with van der Waals surface area (Å²) in [5.41, 5.74) is 0. The topological polar surface area (TPSA) is 154 Å². The molecule has 1 heterocycles. The lowest BCUT2D eigenvalue weighted by Crippen LogP contribution is -2.24. The van der Waals surface area contributed by atoms with Crippen molar-refractivity contribution in [2.75, 3.05) is 152 Å². The van der Waals surface area contributed by atoms with E-state index in [1.165, 1.54) is 12.1 Å². The van der Waals surface area contributed by atoms with Crippen molar-refractivity contribution in [1.82, 2.24) is 0 Å². The van der Waals surface area contributed by atoms with E-state index in [4.69, 9.17) is 61.0 Å². The van der Waals surface area contributed by atoms with Gasteiger partial charge in [-0.1, -0.05) is 18.2 Å². The minimum absolute atomic E-state index is 0.0588. The molecule has 0 amide bonds. The summed E-state index contributed by atoms with van der Waals surface area (Å²) in [6, 6.07) is 7.98. The van der Waals surface area contributed by atoms with Crippen LogP contribution in [0.4, 0.5) is 0 Å². The highest BCUT2D eigenvalue weighted by Crippen LogP contribution is 2.13. The van der Waals surface area contributed by atoms with Gasteiger partial charge in [-0.05, 0) is 31.4 Å². The van der Waals surface area contributed by atoms with E-state index in [-0.39, 0.29) is 24.4 Å². The van der Waals surface area contributed by atoms with Gasteiger partial charge in [0.15, 0.2) is 6.29 Å². The summed E-state index contributed by atoms with van der Waals surface area (Å²) < 4.78 is 94.5. The Balaban J connectivity index is 1.15. The van der Waals surface area contributed by atoms with Gasteiger partial charge in [0.2, 0.25) is 0 Å². The third kappa shape index (κ3) is 27.0. The quantitative estimate of drug-likeness (QED) is 0.0732. The van der Waals surface area contributed by atoms with Gasteiger partial charge in [-0.25, -0.2) is 0 Å². The summed E-state index contributed by atoms with van der Waals surface area (Å²) in [7, 11) is -3.76. The van der Waals surface area contributed by atoms with Gasteiger partial charge in [-0.3, -0.25) is 4.18 Å². The third-order valence-electron chi connectivity index (χ3n) is 6.52. The number of ether oxygens (including phenoxy) is 12. The summed E-state index contributed by atoms with van der Waals surface area (Å²) in [5.74, 6) is 0. The average Bonchev–Trinajstić information content (AvgIpc) is 3.12. The normalized spacial score (nSPS) is 15.2. The molecule has 0 radical (unpaired) electrons. The first-order valence-electron chi connectivity index (χ1n) is 17.1. The van der Waals surface area contributed by atoms with E-state index >= 15 is 0 Å². The zero-order valence-electron chi connectivity index (χ0n) is 28.9. The second-order valence-electron chi connectivity index (χ2n) is 10.4. The van der Waals surface area contributed by atoms with Crippen molar-refractivity contribution < 1.29 is 69.4 Å². The van der Waals surface area contributed by atoms with Crippen molar-refractivity contribution in [3.8, 4) is 0 Å². The van der Waals surface area contributed by atoms with Gasteiger partial charge in [-0.15, -0.1) is 0 Å². The first-order valence-corrected chi connectivity index (χ1v) is 18.5. The molecule has 0 bridgehead atoms. The SMILES string of the molecule is O=S(=O)(OCCOCCOCCOCCOCCOCCOCCOCCOCCOCCOCCOC1CCCCO1)c1ccccc1. The van der Waals surface area contributed by atoms with Gasteiger partial charge in [-0.2, -0.15) is 8.42 Å². The Hall–Kier alpha value is -1.35. The Labute approximate surface area is 292 Å². The highest BCUT2D eigenvalue weighted by atomic mass is 32.2. The molecule has 1 unspecified atom stereocenters. The molecule has 16 heteroatoms. The van der Waals surface area contributed by atoms with E-state index in [0.29, 0.717) is 132 Å². The van der Waals surface area contributed by atoms with Gasteiger partial charge >= 0.3 is 0 Å². The van der Waals surface area contributed by atoms with Crippen LogP contribution >= 0.6 is 0 Å². The van der Waals surface area contributed by atoms with Gasteiger partial charge in [0.05, 0.1) is 150 Å². The largest absolute Gasteiger partial charge is 0.377 e. The van der Waals surface area contributed by atoms with Crippen LogP contribution < -0.4 is 0 Å². The molecular formula is C33H58O15S. The van der Waals surface area contributed by atoms with Crippen LogP contribution in [0.3, 0.4) is 0 Å². The maximum atomic E-state index is 12.0. The minimum Gasteiger partial charge on any atom is -0.377 e. The molecule has 0 N–H and O–H groups in total. The molecule has 1 aromatic carbocycles. The third-order valence-corrected chi connectivity index (χ3v) is 7.84. The van der Waals surface area contributed by atoms with Gasteiger partial charge in [0.1, 0.15) is 0 Å². The fraction of sp³-hybridized carbons (Fsp3) is 0.818. The number of hydrogen-bond donors (Lipinski definition) is 0. The smallest absolute Gasteiger partial charge is 0.297 e. The van der Waals surface area contributed by atoms with E-state index in [1.54, 1.807) is 18.2 Å². The van der Waals surface area contributed by atoms with E-state index in [0.717, 1.165) is 25.9 Å². The van der Waals surface area contributed by atoms with Gasteiger partial charge in [0.25, 0.3) is 10.1 Å². The first kappa shape index (κ1) is 43.8. The first-order chi connectivity index (χ1) is 24.2. The lowest BCUT2D eigenvalue weighted by Gasteiger charge is -2.22. The van der Waals surface area contributed by atoms with Crippen LogP contribution in [0.2, 0.25) is 0 Å². The van der Waals surface area contributed by atoms with Crippen molar-refractivity contribution in [3.05, 3.63) is 30.3 Å². The Bertz CT molecular complexity index is 935. The fourth-order valence-electron chi connectivity index (χ4n) is 4.02. The standard InChI is InChI=1S/C33H58O15S/c34-49(35,32-6-2-1-3-7-32)48-31-29-45-27-25-43-23-21-41-19-17-39-15-13-37-11-10-36-12-14-38-16-18-40-20-22-42-24-26-44-28-30-47-33-8-4-5-9-46-33/h1-3,6-7,33H,4-5,8-31H2. The van der Waals surface area contributed by atoms with Crippen molar-refractivity contribution in [2.45, 2.75) is 30.4 Å². The molecule has 49 heavy (non-hydrogen) atoms. The lowest BCUT2D eigenvalue weighted by atomic mass is 10.2. The van der Waals surface area contributed by atoms with Gasteiger partial charge < -0.3 is 56.8 Å². The van der Waals surface area contributed by atoms with Crippen LogP contribution in [0, 0.1) is 0 Å². The van der Waals surface area contributed by atoms with Gasteiger partial charge in [0, 0.05) is 6.61 Å². The lowest BCUT2D eigenvalue weighted by molar-refractivity contribution is -0.169. The number of rotatable bonds is 36. The highest BCUT2D eigenvalue weighted by Gasteiger charge is 2.14. The highest BCUT2D eigenvalue weighted by molar-refractivity contribution is 7.86. The molecule has 2 rings (SSSR count). The molecule has 1 atom stereocenters. The maximum Gasteiger partial charge on any atom is 0.297 e. The molecule has 1 aliphatic rings. The molecule has 1 aliphatic heterocycles. The zero-order valence-corrected chi connectivity index (χ0v) is 29.7. The van der Waals surface area contributed by atoms with Crippen LogP contribution in [0.15, 0.2) is 35.2 Å². The Morgan fingerprint density at radius 2 is 0.816 bits per heavy atom. The summed E-state index contributed by atoms with van der Waals surface area (Å²) in [6.07, 6.45) is 3.16. The van der Waals surface area contributed by atoms with E-state index in [9.17, 15) is 8.42 Å². The molecule has 15 nitrogen and oxygen atoms in total. The molecule has 0 spiro atoms. The van der Waals surface area contributed by atoms with E-state index in [2.05, 4.69) is 0 Å². The number of hydrogen-bond acceptors (Lipinski definition) is 15. The molecule has 0 saturated carbocycles. The molecular weight excluding hydrogens is 668 g/mol.